The smallest absolute Gasteiger partial charge is 0.323 e. The van der Waals surface area contributed by atoms with Gasteiger partial charge >= 0.3 is 6.01 Å². The van der Waals surface area contributed by atoms with Gasteiger partial charge in [-0.2, -0.15) is 15.0 Å². The third kappa shape index (κ3) is 5.34. The van der Waals surface area contributed by atoms with Crippen LogP contribution < -0.4 is 15.4 Å². The van der Waals surface area contributed by atoms with Gasteiger partial charge in [-0.1, -0.05) is 6.92 Å². The molecule has 1 fully saturated rings. The molecule has 0 amide bonds. The van der Waals surface area contributed by atoms with Crippen molar-refractivity contribution in [3.63, 3.8) is 0 Å². The van der Waals surface area contributed by atoms with Gasteiger partial charge in [0.05, 0.1) is 12.7 Å². The predicted octanol–water partition coefficient (Wildman–Crippen LogP) is 2.07. The van der Waals surface area contributed by atoms with E-state index in [1.165, 1.54) is 0 Å². The molecule has 1 aliphatic rings. The molecule has 0 spiro atoms. The molecule has 21 heavy (non-hydrogen) atoms. The van der Waals surface area contributed by atoms with E-state index in [1.807, 2.05) is 6.92 Å². The molecule has 2 heterocycles. The van der Waals surface area contributed by atoms with Gasteiger partial charge in [0.2, 0.25) is 11.9 Å². The summed E-state index contributed by atoms with van der Waals surface area (Å²) in [5.41, 5.74) is 0. The highest BCUT2D eigenvalue weighted by atomic mass is 16.5. The molecule has 0 bridgehead atoms. The van der Waals surface area contributed by atoms with Crippen molar-refractivity contribution in [1.82, 2.24) is 15.0 Å². The normalized spacial score (nSPS) is 17.7. The molecule has 1 aliphatic heterocycles. The molecule has 7 nitrogen and oxygen atoms in total. The molecule has 7 heteroatoms. The fourth-order valence-electron chi connectivity index (χ4n) is 2.16. The Hall–Kier alpha value is -1.63. The van der Waals surface area contributed by atoms with Gasteiger partial charge in [0.1, 0.15) is 0 Å². The molecule has 1 atom stereocenters. The number of nitrogens with zero attached hydrogens (tertiary/aromatic N) is 3. The number of nitrogens with one attached hydrogen (secondary N) is 2. The van der Waals surface area contributed by atoms with Crippen LogP contribution in [0, 0.1) is 0 Å². The van der Waals surface area contributed by atoms with Gasteiger partial charge in [-0.3, -0.25) is 0 Å². The molecule has 2 N–H and O–H groups in total. The van der Waals surface area contributed by atoms with Crippen molar-refractivity contribution in [2.75, 3.05) is 36.9 Å². The summed E-state index contributed by atoms with van der Waals surface area (Å²) in [6.45, 7) is 7.03. The van der Waals surface area contributed by atoms with Crippen LogP contribution in [-0.2, 0) is 4.74 Å². The average molecular weight is 295 g/mol. The summed E-state index contributed by atoms with van der Waals surface area (Å²) in [5, 5.41) is 6.38. The highest BCUT2D eigenvalue weighted by Gasteiger charge is 2.15. The zero-order chi connectivity index (χ0) is 14.9. The van der Waals surface area contributed by atoms with Gasteiger partial charge in [-0.25, -0.2) is 0 Å². The zero-order valence-corrected chi connectivity index (χ0v) is 12.9. The summed E-state index contributed by atoms with van der Waals surface area (Å²) in [6.07, 6.45) is 4.65. The van der Waals surface area contributed by atoms with Crippen molar-refractivity contribution in [3.8, 4) is 6.01 Å². The maximum atomic E-state index is 5.60. The lowest BCUT2D eigenvalue weighted by atomic mass is 10.2. The predicted molar refractivity (Wildman–Crippen MR) is 81.9 cm³/mol. The highest BCUT2D eigenvalue weighted by molar-refractivity contribution is 5.35. The number of rotatable bonds is 9. The Balaban J connectivity index is 1.90. The van der Waals surface area contributed by atoms with Crippen molar-refractivity contribution in [2.24, 2.45) is 0 Å². The summed E-state index contributed by atoms with van der Waals surface area (Å²) < 4.78 is 11.0. The first kappa shape index (κ1) is 15.8. The summed E-state index contributed by atoms with van der Waals surface area (Å²) in [7, 11) is 0. The minimum atomic E-state index is 0.353. The van der Waals surface area contributed by atoms with E-state index < -0.39 is 0 Å². The molecule has 1 aromatic rings. The van der Waals surface area contributed by atoms with Crippen molar-refractivity contribution in [1.29, 1.82) is 0 Å². The van der Waals surface area contributed by atoms with E-state index in [1.54, 1.807) is 0 Å². The first-order valence-corrected chi connectivity index (χ1v) is 7.80. The zero-order valence-electron chi connectivity index (χ0n) is 12.9. The van der Waals surface area contributed by atoms with E-state index in [0.29, 0.717) is 30.6 Å². The third-order valence-corrected chi connectivity index (χ3v) is 3.19. The van der Waals surface area contributed by atoms with Crippen LogP contribution in [0.15, 0.2) is 0 Å². The van der Waals surface area contributed by atoms with Gasteiger partial charge in [-0.15, -0.1) is 0 Å². The second-order valence-electron chi connectivity index (χ2n) is 4.98. The van der Waals surface area contributed by atoms with Gasteiger partial charge in [-0.05, 0) is 32.6 Å². The van der Waals surface area contributed by atoms with Crippen molar-refractivity contribution < 1.29 is 9.47 Å². The van der Waals surface area contributed by atoms with Crippen LogP contribution in [0.25, 0.3) is 0 Å². The SMILES string of the molecule is CCCNc1nc(NCCC2CCCO2)nc(OCC)n1. The summed E-state index contributed by atoms with van der Waals surface area (Å²) in [4.78, 5) is 12.8. The van der Waals surface area contributed by atoms with Crippen molar-refractivity contribution in [2.45, 2.75) is 45.6 Å². The van der Waals surface area contributed by atoms with Crippen LogP contribution in [-0.4, -0.2) is 47.4 Å². The molecule has 0 radical (unpaired) electrons. The van der Waals surface area contributed by atoms with Gasteiger partial charge in [0.15, 0.2) is 0 Å². The van der Waals surface area contributed by atoms with Crippen molar-refractivity contribution >= 4 is 11.9 Å². The Morgan fingerprint density at radius 3 is 2.52 bits per heavy atom. The Morgan fingerprint density at radius 2 is 1.90 bits per heavy atom. The average Bonchev–Trinajstić information content (AvgIpc) is 2.99. The Labute approximate surface area is 125 Å². The number of hydrogen-bond donors (Lipinski definition) is 2. The molecule has 2 rings (SSSR count). The van der Waals surface area contributed by atoms with E-state index in [-0.39, 0.29) is 0 Å². The molecule has 1 saturated heterocycles. The molecule has 0 aromatic carbocycles. The molecule has 118 valence electrons. The Kier molecular flexibility index (Phi) is 6.46. The number of aromatic nitrogens is 3. The highest BCUT2D eigenvalue weighted by Crippen LogP contribution is 2.16. The Bertz CT molecular complexity index is 424. The van der Waals surface area contributed by atoms with Crippen LogP contribution in [0.5, 0.6) is 6.01 Å². The topological polar surface area (TPSA) is 81.2 Å². The van der Waals surface area contributed by atoms with E-state index in [2.05, 4.69) is 32.5 Å². The van der Waals surface area contributed by atoms with Gasteiger partial charge < -0.3 is 20.1 Å². The largest absolute Gasteiger partial charge is 0.464 e. The minimum absolute atomic E-state index is 0.353. The fraction of sp³-hybridized carbons (Fsp3) is 0.786. The first-order chi connectivity index (χ1) is 10.3. The maximum absolute atomic E-state index is 5.60. The summed E-state index contributed by atoms with van der Waals surface area (Å²) in [5.74, 6) is 1.10. The standard InChI is InChI=1S/C14H25N5O2/c1-3-8-15-12-17-13(19-14(18-12)20-4-2)16-9-7-11-6-5-10-21-11/h11H,3-10H2,1-2H3,(H2,15,16,17,18,19). The lowest BCUT2D eigenvalue weighted by Crippen LogP contribution is -2.15. The minimum Gasteiger partial charge on any atom is -0.464 e. The number of hydrogen-bond acceptors (Lipinski definition) is 7. The first-order valence-electron chi connectivity index (χ1n) is 7.80. The van der Waals surface area contributed by atoms with Gasteiger partial charge in [0.25, 0.3) is 0 Å². The van der Waals surface area contributed by atoms with Gasteiger partial charge in [0, 0.05) is 19.7 Å². The van der Waals surface area contributed by atoms with E-state index in [9.17, 15) is 0 Å². The molecule has 0 saturated carbocycles. The molecule has 1 unspecified atom stereocenters. The second-order valence-corrected chi connectivity index (χ2v) is 4.98. The van der Waals surface area contributed by atoms with Crippen LogP contribution in [0.3, 0.4) is 0 Å². The monoisotopic (exact) mass is 295 g/mol. The number of anilines is 2. The summed E-state index contributed by atoms with van der Waals surface area (Å²) >= 11 is 0. The number of ether oxygens (including phenoxy) is 2. The van der Waals surface area contributed by atoms with Crippen LogP contribution in [0.1, 0.15) is 39.5 Å². The Morgan fingerprint density at radius 1 is 1.14 bits per heavy atom. The maximum Gasteiger partial charge on any atom is 0.323 e. The molecular formula is C14H25N5O2. The van der Waals surface area contributed by atoms with E-state index >= 15 is 0 Å². The van der Waals surface area contributed by atoms with Crippen LogP contribution in [0.4, 0.5) is 11.9 Å². The quantitative estimate of drug-likeness (QED) is 0.721. The van der Waals surface area contributed by atoms with Crippen molar-refractivity contribution in [3.05, 3.63) is 0 Å². The lowest BCUT2D eigenvalue weighted by Gasteiger charge is -2.11. The van der Waals surface area contributed by atoms with E-state index in [4.69, 9.17) is 9.47 Å². The molecule has 0 aliphatic carbocycles. The third-order valence-electron chi connectivity index (χ3n) is 3.19. The van der Waals surface area contributed by atoms with E-state index in [0.717, 1.165) is 45.4 Å². The lowest BCUT2D eigenvalue weighted by molar-refractivity contribution is 0.107. The van der Waals surface area contributed by atoms with Crippen LogP contribution in [0.2, 0.25) is 0 Å². The second kappa shape index (κ2) is 8.61. The molecular weight excluding hydrogens is 270 g/mol. The van der Waals surface area contributed by atoms with Crippen LogP contribution >= 0.6 is 0 Å². The fourth-order valence-corrected chi connectivity index (χ4v) is 2.16. The summed E-state index contributed by atoms with van der Waals surface area (Å²) in [6, 6.07) is 0.353. The molecule has 1 aromatic heterocycles.